The molecule has 0 aliphatic heterocycles. The Morgan fingerprint density at radius 1 is 1.42 bits per heavy atom. The molecule has 2 rings (SSSR count). The Morgan fingerprint density at radius 2 is 2.16 bits per heavy atom. The van der Waals surface area contributed by atoms with E-state index in [1.807, 2.05) is 0 Å². The monoisotopic (exact) mass is 259 g/mol. The van der Waals surface area contributed by atoms with Crippen molar-refractivity contribution in [3.8, 4) is 11.4 Å². The van der Waals surface area contributed by atoms with E-state index in [1.165, 1.54) is 12.1 Å². The molecular weight excluding hydrogens is 246 g/mol. The standard InChI is InChI=1S/C13H13N3O3/c1-8-12(9(2)17)7-14-13(15-8)10-4-3-5-11(6-10)16(18)19/h3-7,9,17H,1-2H3. The predicted molar refractivity (Wildman–Crippen MR) is 69.5 cm³/mol. The third-order valence-electron chi connectivity index (χ3n) is 2.78. The molecule has 0 saturated carbocycles. The van der Waals surface area contributed by atoms with Crippen molar-refractivity contribution in [2.24, 2.45) is 0 Å². The van der Waals surface area contributed by atoms with Crippen LogP contribution in [-0.2, 0) is 0 Å². The van der Waals surface area contributed by atoms with Gasteiger partial charge >= 0.3 is 0 Å². The third-order valence-corrected chi connectivity index (χ3v) is 2.78. The lowest BCUT2D eigenvalue weighted by Crippen LogP contribution is -2.01. The number of aromatic nitrogens is 2. The van der Waals surface area contributed by atoms with Crippen LogP contribution in [0.15, 0.2) is 30.5 Å². The molecule has 0 saturated heterocycles. The van der Waals surface area contributed by atoms with Gasteiger partial charge < -0.3 is 5.11 Å². The van der Waals surface area contributed by atoms with Crippen molar-refractivity contribution in [2.75, 3.05) is 0 Å². The zero-order chi connectivity index (χ0) is 14.0. The minimum Gasteiger partial charge on any atom is -0.389 e. The number of nitro groups is 1. The van der Waals surface area contributed by atoms with Crippen LogP contribution in [0.25, 0.3) is 11.4 Å². The van der Waals surface area contributed by atoms with Crippen LogP contribution in [0.3, 0.4) is 0 Å². The van der Waals surface area contributed by atoms with E-state index >= 15 is 0 Å². The topological polar surface area (TPSA) is 89.2 Å². The van der Waals surface area contributed by atoms with Gasteiger partial charge in [0.25, 0.3) is 5.69 Å². The lowest BCUT2D eigenvalue weighted by atomic mass is 10.1. The molecule has 0 fully saturated rings. The minimum absolute atomic E-state index is 0.00152. The van der Waals surface area contributed by atoms with Gasteiger partial charge in [0.05, 0.1) is 11.0 Å². The van der Waals surface area contributed by atoms with E-state index in [0.29, 0.717) is 22.6 Å². The van der Waals surface area contributed by atoms with E-state index < -0.39 is 11.0 Å². The van der Waals surface area contributed by atoms with Gasteiger partial charge in [-0.2, -0.15) is 0 Å². The van der Waals surface area contributed by atoms with Crippen LogP contribution in [0, 0.1) is 17.0 Å². The average Bonchev–Trinajstić information content (AvgIpc) is 2.38. The quantitative estimate of drug-likeness (QED) is 0.675. The molecule has 0 aliphatic carbocycles. The molecule has 0 bridgehead atoms. The second-order valence-electron chi connectivity index (χ2n) is 4.22. The maximum atomic E-state index is 10.7. The summed E-state index contributed by atoms with van der Waals surface area (Å²) in [5, 5.41) is 20.2. The average molecular weight is 259 g/mol. The van der Waals surface area contributed by atoms with Gasteiger partial charge in [-0.05, 0) is 13.8 Å². The summed E-state index contributed by atoms with van der Waals surface area (Å²) in [7, 11) is 0. The number of aliphatic hydroxyl groups is 1. The van der Waals surface area contributed by atoms with Gasteiger partial charge in [0.1, 0.15) is 0 Å². The molecule has 1 aromatic carbocycles. The maximum absolute atomic E-state index is 10.7. The Bertz CT molecular complexity index is 626. The highest BCUT2D eigenvalue weighted by molar-refractivity contribution is 5.59. The lowest BCUT2D eigenvalue weighted by molar-refractivity contribution is -0.384. The summed E-state index contributed by atoms with van der Waals surface area (Å²) in [5.74, 6) is 0.408. The number of hydrogen-bond donors (Lipinski definition) is 1. The molecule has 0 spiro atoms. The van der Waals surface area contributed by atoms with Crippen LogP contribution in [0.4, 0.5) is 5.69 Å². The summed E-state index contributed by atoms with van der Waals surface area (Å²) in [6.45, 7) is 3.41. The maximum Gasteiger partial charge on any atom is 0.270 e. The summed E-state index contributed by atoms with van der Waals surface area (Å²) in [5.41, 5.74) is 1.88. The zero-order valence-electron chi connectivity index (χ0n) is 10.6. The summed E-state index contributed by atoms with van der Waals surface area (Å²) < 4.78 is 0. The van der Waals surface area contributed by atoms with Crippen LogP contribution in [0.2, 0.25) is 0 Å². The second-order valence-corrected chi connectivity index (χ2v) is 4.22. The number of nitrogens with zero attached hydrogens (tertiary/aromatic N) is 3. The molecule has 2 aromatic rings. The number of aliphatic hydroxyl groups excluding tert-OH is 1. The molecule has 0 radical (unpaired) electrons. The van der Waals surface area contributed by atoms with Gasteiger partial charge in [0, 0.05) is 35.2 Å². The number of benzene rings is 1. The first-order chi connectivity index (χ1) is 8.99. The molecule has 6 nitrogen and oxygen atoms in total. The van der Waals surface area contributed by atoms with Crippen molar-refractivity contribution in [2.45, 2.75) is 20.0 Å². The Morgan fingerprint density at radius 3 is 2.74 bits per heavy atom. The number of aryl methyl sites for hydroxylation is 1. The number of non-ortho nitro benzene ring substituents is 1. The number of hydrogen-bond acceptors (Lipinski definition) is 5. The first-order valence-corrected chi connectivity index (χ1v) is 5.75. The molecule has 98 valence electrons. The lowest BCUT2D eigenvalue weighted by Gasteiger charge is -2.08. The Labute approximate surface area is 109 Å². The first-order valence-electron chi connectivity index (χ1n) is 5.75. The molecule has 0 amide bonds. The minimum atomic E-state index is -0.640. The molecule has 6 heteroatoms. The first kappa shape index (κ1) is 13.1. The fourth-order valence-corrected chi connectivity index (χ4v) is 1.78. The van der Waals surface area contributed by atoms with E-state index in [-0.39, 0.29) is 5.69 Å². The molecule has 1 aromatic heterocycles. The number of nitro benzene ring substituents is 1. The van der Waals surface area contributed by atoms with E-state index in [4.69, 9.17) is 0 Å². The Balaban J connectivity index is 2.45. The van der Waals surface area contributed by atoms with E-state index in [2.05, 4.69) is 9.97 Å². The van der Waals surface area contributed by atoms with Crippen LogP contribution in [0.5, 0.6) is 0 Å². The van der Waals surface area contributed by atoms with E-state index in [9.17, 15) is 15.2 Å². The van der Waals surface area contributed by atoms with E-state index in [0.717, 1.165) is 0 Å². The van der Waals surface area contributed by atoms with Crippen LogP contribution >= 0.6 is 0 Å². The SMILES string of the molecule is Cc1nc(-c2cccc([N+](=O)[O-])c2)ncc1C(C)O. The van der Waals surface area contributed by atoms with Crippen LogP contribution < -0.4 is 0 Å². The summed E-state index contributed by atoms with van der Waals surface area (Å²) in [4.78, 5) is 18.7. The summed E-state index contributed by atoms with van der Waals surface area (Å²) >= 11 is 0. The van der Waals surface area contributed by atoms with Crippen LogP contribution in [-0.4, -0.2) is 20.0 Å². The fourth-order valence-electron chi connectivity index (χ4n) is 1.78. The summed E-state index contributed by atoms with van der Waals surface area (Å²) in [6.07, 6.45) is 0.903. The fraction of sp³-hybridized carbons (Fsp3) is 0.231. The highest BCUT2D eigenvalue weighted by atomic mass is 16.6. The smallest absolute Gasteiger partial charge is 0.270 e. The normalized spacial score (nSPS) is 12.2. The van der Waals surface area contributed by atoms with E-state index in [1.54, 1.807) is 32.2 Å². The van der Waals surface area contributed by atoms with Gasteiger partial charge in [-0.15, -0.1) is 0 Å². The van der Waals surface area contributed by atoms with Gasteiger partial charge in [0.15, 0.2) is 5.82 Å². The largest absolute Gasteiger partial charge is 0.389 e. The van der Waals surface area contributed by atoms with Gasteiger partial charge in [0.2, 0.25) is 0 Å². The number of rotatable bonds is 3. The van der Waals surface area contributed by atoms with Crippen molar-refractivity contribution in [3.05, 3.63) is 51.8 Å². The van der Waals surface area contributed by atoms with Crippen molar-refractivity contribution < 1.29 is 10.0 Å². The zero-order valence-corrected chi connectivity index (χ0v) is 10.6. The molecular formula is C13H13N3O3. The second kappa shape index (κ2) is 5.11. The van der Waals surface area contributed by atoms with Crippen molar-refractivity contribution in [1.82, 2.24) is 9.97 Å². The highest BCUT2D eigenvalue weighted by Gasteiger charge is 2.12. The van der Waals surface area contributed by atoms with Gasteiger partial charge in [-0.25, -0.2) is 9.97 Å². The molecule has 19 heavy (non-hydrogen) atoms. The summed E-state index contributed by atoms with van der Waals surface area (Å²) in [6, 6.07) is 6.15. The molecule has 1 atom stereocenters. The van der Waals surface area contributed by atoms with Crippen LogP contribution in [0.1, 0.15) is 24.3 Å². The molecule has 1 heterocycles. The van der Waals surface area contributed by atoms with Gasteiger partial charge in [-0.3, -0.25) is 10.1 Å². The van der Waals surface area contributed by atoms with Crippen molar-refractivity contribution in [1.29, 1.82) is 0 Å². The Hall–Kier alpha value is -2.34. The highest BCUT2D eigenvalue weighted by Crippen LogP contribution is 2.22. The van der Waals surface area contributed by atoms with Crippen molar-refractivity contribution in [3.63, 3.8) is 0 Å². The molecule has 0 aliphatic rings. The van der Waals surface area contributed by atoms with Gasteiger partial charge in [-0.1, -0.05) is 12.1 Å². The van der Waals surface area contributed by atoms with Crippen molar-refractivity contribution >= 4 is 5.69 Å². The molecule has 1 N–H and O–H groups in total. The third kappa shape index (κ3) is 2.74. The predicted octanol–water partition coefficient (Wildman–Crippen LogP) is 2.41. The molecule has 1 unspecified atom stereocenters. The Kier molecular flexibility index (Phi) is 3.52.